The smallest absolute Gasteiger partial charge is 0.528 e. The highest BCUT2D eigenvalue weighted by atomic mass is 32.2. The summed E-state index contributed by atoms with van der Waals surface area (Å²) in [5, 5.41) is 5.61. The third-order valence-corrected chi connectivity index (χ3v) is 6.31. The quantitative estimate of drug-likeness (QED) is 0.456. The van der Waals surface area contributed by atoms with Crippen LogP contribution in [0.3, 0.4) is 0 Å². The number of aromatic nitrogens is 2. The molecule has 0 spiro atoms. The van der Waals surface area contributed by atoms with Crippen molar-refractivity contribution in [3.63, 3.8) is 0 Å². The molecule has 32 heavy (non-hydrogen) atoms. The van der Waals surface area contributed by atoms with Crippen molar-refractivity contribution in [3.8, 4) is 11.4 Å². The first-order chi connectivity index (χ1) is 15.0. The molecule has 2 unspecified atom stereocenters. The highest BCUT2D eigenvalue weighted by molar-refractivity contribution is 7.90. The molecule has 0 amide bonds. The molecule has 0 aliphatic carbocycles. The minimum absolute atomic E-state index is 0.146. The molecule has 2 atom stereocenters. The lowest BCUT2D eigenvalue weighted by molar-refractivity contribution is -0.157. The molecule has 0 radical (unpaired) electrons. The summed E-state index contributed by atoms with van der Waals surface area (Å²) >= 11 is -1.40. The second kappa shape index (κ2) is 10.2. The van der Waals surface area contributed by atoms with Gasteiger partial charge in [0.1, 0.15) is 11.9 Å². The number of benzene rings is 1. The minimum atomic E-state index is -1.40. The number of carbonyl (C=O) groups excluding carboxylic acids is 1. The number of halogens is 1. The monoisotopic (exact) mass is 467 g/mol. The summed E-state index contributed by atoms with van der Waals surface area (Å²) in [6.07, 6.45) is 3.08. The molecule has 2 heterocycles. The zero-order valence-corrected chi connectivity index (χ0v) is 19.9. The Kier molecular flexibility index (Phi) is 7.79. The van der Waals surface area contributed by atoms with E-state index in [0.29, 0.717) is 42.7 Å². The van der Waals surface area contributed by atoms with Gasteiger partial charge >= 0.3 is 6.16 Å². The number of rotatable bonds is 6. The zero-order chi connectivity index (χ0) is 23.5. The minimum Gasteiger partial charge on any atom is -0.612 e. The molecule has 1 aromatic carbocycles. The Bertz CT molecular complexity index is 923. The molecule has 1 fully saturated rings. The van der Waals surface area contributed by atoms with Crippen molar-refractivity contribution in [1.82, 2.24) is 15.2 Å². The Hall–Kier alpha value is -2.17. The van der Waals surface area contributed by atoms with Gasteiger partial charge in [0.05, 0.1) is 0 Å². The Morgan fingerprint density at radius 1 is 1.38 bits per heavy atom. The molecule has 1 aliphatic heterocycles. The van der Waals surface area contributed by atoms with E-state index in [1.165, 1.54) is 18.4 Å². The van der Waals surface area contributed by atoms with Crippen LogP contribution in [0.25, 0.3) is 11.4 Å². The summed E-state index contributed by atoms with van der Waals surface area (Å²) in [6.45, 7) is 8.78. The predicted octanol–water partition coefficient (Wildman–Crippen LogP) is 4.37. The van der Waals surface area contributed by atoms with Gasteiger partial charge in [-0.15, -0.1) is 5.06 Å². The normalized spacial score (nSPS) is 17.7. The first kappa shape index (κ1) is 24.5. The van der Waals surface area contributed by atoms with Crippen molar-refractivity contribution >= 4 is 17.3 Å². The van der Waals surface area contributed by atoms with Gasteiger partial charge < -0.3 is 18.7 Å². The molecule has 176 valence electrons. The maximum Gasteiger partial charge on any atom is 0.528 e. The van der Waals surface area contributed by atoms with Gasteiger partial charge in [-0.05, 0) is 74.8 Å². The van der Waals surface area contributed by atoms with Gasteiger partial charge in [-0.25, -0.2) is 9.18 Å². The van der Waals surface area contributed by atoms with Crippen LogP contribution in [0.15, 0.2) is 27.6 Å². The average Bonchev–Trinajstić information content (AvgIpc) is 3.15. The molecular formula is C22H30FN3O5S. The lowest BCUT2D eigenvalue weighted by atomic mass is 9.84. The van der Waals surface area contributed by atoms with Gasteiger partial charge in [-0.2, -0.15) is 4.98 Å². The largest absolute Gasteiger partial charge is 0.612 e. The summed E-state index contributed by atoms with van der Waals surface area (Å²) in [5.74, 6) is 0.945. The first-order valence-electron chi connectivity index (χ1n) is 10.6. The van der Waals surface area contributed by atoms with E-state index < -0.39 is 28.7 Å². The van der Waals surface area contributed by atoms with Gasteiger partial charge in [0.2, 0.25) is 11.7 Å². The average molecular weight is 468 g/mol. The molecule has 10 heteroatoms. The van der Waals surface area contributed by atoms with Crippen molar-refractivity contribution in [2.75, 3.05) is 19.3 Å². The topological polar surface area (TPSA) is 101 Å². The van der Waals surface area contributed by atoms with Crippen molar-refractivity contribution in [2.24, 2.45) is 11.8 Å². The highest BCUT2D eigenvalue weighted by Gasteiger charge is 2.28. The molecule has 3 rings (SSSR count). The molecule has 1 saturated heterocycles. The van der Waals surface area contributed by atoms with Crippen molar-refractivity contribution < 1.29 is 27.8 Å². The number of nitrogens with zero attached hydrogens (tertiary/aromatic N) is 3. The fourth-order valence-electron chi connectivity index (χ4n) is 3.68. The van der Waals surface area contributed by atoms with E-state index in [9.17, 15) is 13.7 Å². The third kappa shape index (κ3) is 6.66. The lowest BCUT2D eigenvalue weighted by Crippen LogP contribution is -2.39. The van der Waals surface area contributed by atoms with Gasteiger partial charge in [-0.3, -0.25) is 0 Å². The van der Waals surface area contributed by atoms with E-state index in [1.54, 1.807) is 31.9 Å². The molecule has 2 aromatic rings. The van der Waals surface area contributed by atoms with E-state index >= 15 is 0 Å². The van der Waals surface area contributed by atoms with E-state index in [2.05, 4.69) is 17.1 Å². The SMILES string of the molecule is CC(Cc1nc(-c2ccc([S+](C)[O-])c(F)c2)no1)C1CCN(OC(=O)OC(C)(C)C)CC1. The third-order valence-electron chi connectivity index (χ3n) is 5.36. The molecule has 1 aliphatic rings. The fraction of sp³-hybridized carbons (Fsp3) is 0.591. The van der Waals surface area contributed by atoms with Crippen LogP contribution in [0.5, 0.6) is 0 Å². The first-order valence-corrected chi connectivity index (χ1v) is 12.2. The van der Waals surface area contributed by atoms with Gasteiger partial charge in [0.25, 0.3) is 0 Å². The fourth-order valence-corrected chi connectivity index (χ4v) is 4.27. The van der Waals surface area contributed by atoms with Crippen LogP contribution in [0, 0.1) is 17.7 Å². The summed E-state index contributed by atoms with van der Waals surface area (Å²) < 4.78 is 36.2. The number of hydrogen-bond acceptors (Lipinski definition) is 8. The van der Waals surface area contributed by atoms with E-state index in [1.807, 2.05) is 0 Å². The van der Waals surface area contributed by atoms with Crippen molar-refractivity contribution in [3.05, 3.63) is 29.9 Å². The predicted molar refractivity (Wildman–Crippen MR) is 117 cm³/mol. The maximum atomic E-state index is 14.1. The van der Waals surface area contributed by atoms with Crippen molar-refractivity contribution in [1.29, 1.82) is 0 Å². The molecule has 0 saturated carbocycles. The number of ether oxygens (including phenoxy) is 1. The summed E-state index contributed by atoms with van der Waals surface area (Å²) in [6, 6.07) is 4.39. The van der Waals surface area contributed by atoms with Gasteiger partial charge in [0.15, 0.2) is 10.7 Å². The lowest BCUT2D eigenvalue weighted by Gasteiger charge is -2.33. The zero-order valence-electron chi connectivity index (χ0n) is 19.1. The van der Waals surface area contributed by atoms with Crippen LogP contribution in [-0.4, -0.2) is 50.9 Å². The summed E-state index contributed by atoms with van der Waals surface area (Å²) in [5.41, 5.74) is -0.109. The van der Waals surface area contributed by atoms with Gasteiger partial charge in [0, 0.05) is 25.1 Å². The molecular weight excluding hydrogens is 437 g/mol. The standard InChI is InChI=1S/C22H30FN3O5S/c1-14(15-8-10-26(11-9-15)31-21(27)29-22(2,3)4)12-19-24-20(25-30-19)16-6-7-18(32(5)28)17(23)13-16/h6-7,13-15H,8-12H2,1-5H3. The number of hydroxylamine groups is 2. The number of piperidine rings is 1. The Morgan fingerprint density at radius 3 is 2.66 bits per heavy atom. The van der Waals surface area contributed by atoms with Gasteiger partial charge in [-0.1, -0.05) is 12.1 Å². The summed E-state index contributed by atoms with van der Waals surface area (Å²) in [4.78, 5) is 21.7. The second-order valence-corrected chi connectivity index (χ2v) is 10.5. The van der Waals surface area contributed by atoms with E-state index in [0.717, 1.165) is 12.8 Å². The Morgan fingerprint density at radius 2 is 2.06 bits per heavy atom. The van der Waals surface area contributed by atoms with Crippen LogP contribution < -0.4 is 0 Å². The van der Waals surface area contributed by atoms with Crippen LogP contribution in [0.4, 0.5) is 9.18 Å². The second-order valence-electron chi connectivity index (χ2n) is 9.11. The molecule has 0 N–H and O–H groups in total. The summed E-state index contributed by atoms with van der Waals surface area (Å²) in [7, 11) is 0. The Labute approximate surface area is 190 Å². The molecule has 0 bridgehead atoms. The maximum absolute atomic E-state index is 14.1. The Balaban J connectivity index is 1.51. The number of carbonyl (C=O) groups is 1. The van der Waals surface area contributed by atoms with Crippen LogP contribution >= 0.6 is 0 Å². The van der Waals surface area contributed by atoms with Crippen LogP contribution in [0.1, 0.15) is 46.4 Å². The number of hydrogen-bond donors (Lipinski definition) is 0. The molecule has 1 aromatic heterocycles. The van der Waals surface area contributed by atoms with Crippen molar-refractivity contribution in [2.45, 2.75) is 57.5 Å². The van der Waals surface area contributed by atoms with E-state index in [-0.39, 0.29) is 10.8 Å². The highest BCUT2D eigenvalue weighted by Crippen LogP contribution is 2.29. The van der Waals surface area contributed by atoms with Crippen LogP contribution in [-0.2, 0) is 27.2 Å². The van der Waals surface area contributed by atoms with Crippen LogP contribution in [0.2, 0.25) is 0 Å². The molecule has 8 nitrogen and oxygen atoms in total. The van der Waals surface area contributed by atoms with E-state index in [4.69, 9.17) is 14.1 Å².